The standard InChI is InChI=1S/C23H19N3O4/c1-13(27)26-23(15-8-9-20-21(10-15)29-12-28-20)30-22(25-26)17-11-19(14-6-7-14)24-18-5-3-2-4-16(17)18/h2-5,8-11,14,23H,6-7,12H2,1H3/t23-/m0/s1. The van der Waals surface area contributed by atoms with Gasteiger partial charge in [0.2, 0.25) is 24.8 Å². The summed E-state index contributed by atoms with van der Waals surface area (Å²) in [4.78, 5) is 17.2. The summed E-state index contributed by atoms with van der Waals surface area (Å²) in [6, 6.07) is 15.5. The number of aromatic nitrogens is 1. The number of carbonyl (C=O) groups is 1. The monoisotopic (exact) mass is 401 g/mol. The molecule has 3 heterocycles. The van der Waals surface area contributed by atoms with Crippen LogP contribution in [-0.4, -0.2) is 28.6 Å². The number of rotatable bonds is 3. The minimum Gasteiger partial charge on any atom is -0.454 e. The summed E-state index contributed by atoms with van der Waals surface area (Å²) in [5.74, 6) is 2.03. The third-order valence-electron chi connectivity index (χ3n) is 5.61. The molecule has 1 saturated carbocycles. The minimum atomic E-state index is -0.664. The summed E-state index contributed by atoms with van der Waals surface area (Å²) in [6.07, 6.45) is 1.64. The van der Waals surface area contributed by atoms with Crippen LogP contribution in [0.25, 0.3) is 10.9 Å². The highest BCUT2D eigenvalue weighted by Crippen LogP contribution is 2.42. The van der Waals surface area contributed by atoms with Crippen LogP contribution in [0.1, 0.15) is 48.7 Å². The van der Waals surface area contributed by atoms with Crippen molar-refractivity contribution in [1.29, 1.82) is 0 Å². The summed E-state index contributed by atoms with van der Waals surface area (Å²) in [5, 5.41) is 6.89. The summed E-state index contributed by atoms with van der Waals surface area (Å²) in [7, 11) is 0. The summed E-state index contributed by atoms with van der Waals surface area (Å²) < 4.78 is 17.1. The second-order valence-corrected chi connectivity index (χ2v) is 7.74. The highest BCUT2D eigenvalue weighted by Gasteiger charge is 2.35. The number of fused-ring (bicyclic) bond motifs is 2. The van der Waals surface area contributed by atoms with Gasteiger partial charge in [0.1, 0.15) is 0 Å². The van der Waals surface area contributed by atoms with Crippen molar-refractivity contribution in [3.8, 4) is 11.5 Å². The molecule has 1 aromatic heterocycles. The molecule has 30 heavy (non-hydrogen) atoms. The van der Waals surface area contributed by atoms with Crippen molar-refractivity contribution >= 4 is 22.7 Å². The second-order valence-electron chi connectivity index (χ2n) is 7.74. The van der Waals surface area contributed by atoms with E-state index in [0.717, 1.165) is 40.6 Å². The number of nitrogens with zero attached hydrogens (tertiary/aromatic N) is 3. The highest BCUT2D eigenvalue weighted by molar-refractivity contribution is 6.07. The zero-order valence-electron chi connectivity index (χ0n) is 16.4. The van der Waals surface area contributed by atoms with E-state index in [1.54, 1.807) is 0 Å². The van der Waals surface area contributed by atoms with E-state index in [-0.39, 0.29) is 12.7 Å². The molecular formula is C23H19N3O4. The molecule has 2 aliphatic heterocycles. The molecule has 2 aromatic carbocycles. The van der Waals surface area contributed by atoms with E-state index in [0.29, 0.717) is 23.3 Å². The van der Waals surface area contributed by atoms with Gasteiger partial charge in [0.05, 0.1) is 5.52 Å². The Kier molecular flexibility index (Phi) is 3.71. The molecule has 0 spiro atoms. The molecule has 3 aliphatic rings. The third kappa shape index (κ3) is 2.77. The van der Waals surface area contributed by atoms with Crippen molar-refractivity contribution in [2.75, 3.05) is 6.79 Å². The SMILES string of the molecule is CC(=O)N1N=C(c2cc(C3CC3)nc3ccccc23)O[C@H]1c1ccc2c(c1)OCO2. The third-order valence-corrected chi connectivity index (χ3v) is 5.61. The molecule has 1 aliphatic carbocycles. The van der Waals surface area contributed by atoms with Crippen LogP contribution in [0.4, 0.5) is 0 Å². The lowest BCUT2D eigenvalue weighted by Crippen LogP contribution is -2.25. The van der Waals surface area contributed by atoms with E-state index in [1.807, 2.05) is 42.5 Å². The molecule has 3 aromatic rings. The molecule has 0 unspecified atom stereocenters. The van der Waals surface area contributed by atoms with Crippen LogP contribution in [0.15, 0.2) is 53.6 Å². The lowest BCUT2D eigenvalue weighted by molar-refractivity contribution is -0.135. The smallest absolute Gasteiger partial charge is 0.243 e. The van der Waals surface area contributed by atoms with E-state index in [1.165, 1.54) is 11.9 Å². The lowest BCUT2D eigenvalue weighted by Gasteiger charge is -2.19. The zero-order chi connectivity index (χ0) is 20.2. The van der Waals surface area contributed by atoms with Gasteiger partial charge in [-0.3, -0.25) is 9.78 Å². The minimum absolute atomic E-state index is 0.190. The lowest BCUT2D eigenvalue weighted by atomic mass is 10.1. The molecule has 7 nitrogen and oxygen atoms in total. The van der Waals surface area contributed by atoms with Crippen LogP contribution in [0, 0.1) is 0 Å². The number of carbonyl (C=O) groups excluding carboxylic acids is 1. The number of ether oxygens (including phenoxy) is 3. The van der Waals surface area contributed by atoms with Gasteiger partial charge in [0.15, 0.2) is 11.5 Å². The molecule has 7 heteroatoms. The van der Waals surface area contributed by atoms with Crippen molar-refractivity contribution in [3.63, 3.8) is 0 Å². The Bertz CT molecular complexity index is 1220. The van der Waals surface area contributed by atoms with E-state index < -0.39 is 6.23 Å². The van der Waals surface area contributed by atoms with E-state index in [2.05, 4.69) is 11.2 Å². The summed E-state index contributed by atoms with van der Waals surface area (Å²) in [6.45, 7) is 1.67. The Morgan fingerprint density at radius 2 is 1.90 bits per heavy atom. The van der Waals surface area contributed by atoms with Gasteiger partial charge in [-0.2, -0.15) is 5.01 Å². The normalized spacial score (nSPS) is 19.7. The van der Waals surface area contributed by atoms with Gasteiger partial charge in [-0.1, -0.05) is 18.2 Å². The van der Waals surface area contributed by atoms with Crippen LogP contribution < -0.4 is 9.47 Å². The van der Waals surface area contributed by atoms with E-state index >= 15 is 0 Å². The van der Waals surface area contributed by atoms with Gasteiger partial charge in [-0.15, -0.1) is 5.10 Å². The highest BCUT2D eigenvalue weighted by atomic mass is 16.7. The predicted molar refractivity (Wildman–Crippen MR) is 109 cm³/mol. The average molecular weight is 401 g/mol. The Hall–Kier alpha value is -3.61. The van der Waals surface area contributed by atoms with Crippen molar-refractivity contribution in [1.82, 2.24) is 9.99 Å². The number of benzene rings is 2. The number of hydrazone groups is 1. The number of para-hydroxylation sites is 1. The Morgan fingerprint density at radius 1 is 1.07 bits per heavy atom. The maximum Gasteiger partial charge on any atom is 0.243 e. The first-order valence-corrected chi connectivity index (χ1v) is 10.0. The predicted octanol–water partition coefficient (Wildman–Crippen LogP) is 4.08. The quantitative estimate of drug-likeness (QED) is 0.661. The van der Waals surface area contributed by atoms with Crippen LogP contribution in [0.3, 0.4) is 0 Å². The van der Waals surface area contributed by atoms with Gasteiger partial charge in [0, 0.05) is 35.0 Å². The van der Waals surface area contributed by atoms with Gasteiger partial charge < -0.3 is 14.2 Å². The molecule has 0 N–H and O–H groups in total. The Balaban J connectivity index is 1.43. The number of pyridine rings is 1. The fourth-order valence-electron chi connectivity index (χ4n) is 3.92. The maximum absolute atomic E-state index is 12.4. The Morgan fingerprint density at radius 3 is 2.73 bits per heavy atom. The van der Waals surface area contributed by atoms with Crippen LogP contribution in [0.5, 0.6) is 11.5 Å². The first kappa shape index (κ1) is 17.3. The topological polar surface area (TPSA) is 73.3 Å². The molecule has 1 atom stereocenters. The van der Waals surface area contributed by atoms with E-state index in [4.69, 9.17) is 19.2 Å². The van der Waals surface area contributed by atoms with Crippen molar-refractivity contribution < 1.29 is 19.0 Å². The van der Waals surface area contributed by atoms with Crippen molar-refractivity contribution in [2.45, 2.75) is 31.9 Å². The van der Waals surface area contributed by atoms with Crippen LogP contribution >= 0.6 is 0 Å². The fraction of sp³-hybridized carbons (Fsp3) is 0.261. The van der Waals surface area contributed by atoms with E-state index in [9.17, 15) is 4.79 Å². The van der Waals surface area contributed by atoms with Crippen molar-refractivity contribution in [3.05, 3.63) is 65.4 Å². The summed E-state index contributed by atoms with van der Waals surface area (Å²) in [5.41, 5.74) is 3.59. The molecule has 0 saturated heterocycles. The maximum atomic E-state index is 12.4. The molecule has 0 radical (unpaired) electrons. The van der Waals surface area contributed by atoms with Gasteiger partial charge in [0.25, 0.3) is 0 Å². The number of amides is 1. The largest absolute Gasteiger partial charge is 0.454 e. The van der Waals surface area contributed by atoms with Crippen LogP contribution in [0.2, 0.25) is 0 Å². The first-order valence-electron chi connectivity index (χ1n) is 10.0. The van der Waals surface area contributed by atoms with Gasteiger partial charge in [-0.25, -0.2) is 0 Å². The van der Waals surface area contributed by atoms with Crippen molar-refractivity contribution in [2.24, 2.45) is 5.10 Å². The zero-order valence-corrected chi connectivity index (χ0v) is 16.4. The molecule has 0 bridgehead atoms. The second kappa shape index (κ2) is 6.45. The molecule has 1 fully saturated rings. The Labute approximate surface area is 172 Å². The van der Waals surface area contributed by atoms with Gasteiger partial charge in [-0.05, 0) is 43.2 Å². The molecule has 150 valence electrons. The first-order chi connectivity index (χ1) is 14.7. The summed E-state index contributed by atoms with van der Waals surface area (Å²) >= 11 is 0. The molecular weight excluding hydrogens is 382 g/mol. The van der Waals surface area contributed by atoms with Crippen LogP contribution in [-0.2, 0) is 9.53 Å². The van der Waals surface area contributed by atoms with Gasteiger partial charge >= 0.3 is 0 Å². The molecule has 1 amide bonds. The fourth-order valence-corrected chi connectivity index (χ4v) is 3.92. The molecule has 6 rings (SSSR count). The number of hydrogen-bond donors (Lipinski definition) is 0. The number of hydrogen-bond acceptors (Lipinski definition) is 6. The average Bonchev–Trinajstić information content (AvgIpc) is 3.34.